The van der Waals surface area contributed by atoms with Crippen molar-refractivity contribution in [1.82, 2.24) is 4.98 Å². The first-order valence-corrected chi connectivity index (χ1v) is 6.67. The molecule has 1 aromatic carbocycles. The molecule has 0 bridgehead atoms. The zero-order valence-electron chi connectivity index (χ0n) is 11.9. The molecule has 6 heteroatoms. The van der Waals surface area contributed by atoms with Crippen LogP contribution in [0.25, 0.3) is 0 Å². The van der Waals surface area contributed by atoms with Gasteiger partial charge in [0.15, 0.2) is 0 Å². The maximum Gasteiger partial charge on any atom is 0.417 e. The molecule has 0 aliphatic heterocycles. The summed E-state index contributed by atoms with van der Waals surface area (Å²) in [4.78, 5) is 4.16. The molecule has 2 rings (SSSR count). The number of benzene rings is 1. The smallest absolute Gasteiger partial charge is 0.385 e. The quantitative estimate of drug-likeness (QED) is 0.931. The number of nitriles is 1. The summed E-state index contributed by atoms with van der Waals surface area (Å²) in [6.07, 6.45) is -2.14. The van der Waals surface area contributed by atoms with Crippen LogP contribution >= 0.6 is 0 Å². The summed E-state index contributed by atoms with van der Waals surface area (Å²) in [5, 5.41) is 11.7. The van der Waals surface area contributed by atoms with Crippen molar-refractivity contribution in [3.8, 4) is 6.07 Å². The number of hydrogen-bond donors (Lipinski definition) is 1. The minimum Gasteiger partial charge on any atom is -0.385 e. The number of aromatic nitrogens is 1. The van der Waals surface area contributed by atoms with Gasteiger partial charge in [0.1, 0.15) is 0 Å². The van der Waals surface area contributed by atoms with E-state index in [0.717, 1.165) is 17.3 Å². The minimum atomic E-state index is -4.54. The summed E-state index contributed by atoms with van der Waals surface area (Å²) < 4.78 is 38.6. The first kappa shape index (κ1) is 15.8. The lowest BCUT2D eigenvalue weighted by atomic mass is 10.1. The monoisotopic (exact) mass is 305 g/mol. The van der Waals surface area contributed by atoms with Gasteiger partial charge in [-0.1, -0.05) is 6.07 Å². The van der Waals surface area contributed by atoms with Crippen LogP contribution in [-0.4, -0.2) is 11.5 Å². The third-order valence-corrected chi connectivity index (χ3v) is 3.16. The van der Waals surface area contributed by atoms with E-state index in [-0.39, 0.29) is 5.56 Å². The highest BCUT2D eigenvalue weighted by molar-refractivity contribution is 5.53. The van der Waals surface area contributed by atoms with Gasteiger partial charge in [-0.3, -0.25) is 4.98 Å². The minimum absolute atomic E-state index is 0.339. The van der Waals surface area contributed by atoms with Crippen LogP contribution in [-0.2, 0) is 12.6 Å². The lowest BCUT2D eigenvalue weighted by Gasteiger charge is -2.12. The van der Waals surface area contributed by atoms with E-state index >= 15 is 0 Å². The van der Waals surface area contributed by atoms with E-state index < -0.39 is 11.7 Å². The fourth-order valence-electron chi connectivity index (χ4n) is 1.98. The summed E-state index contributed by atoms with van der Waals surface area (Å²) >= 11 is 0. The molecule has 0 atom stereocenters. The first-order valence-electron chi connectivity index (χ1n) is 6.67. The molecule has 0 aliphatic carbocycles. The number of rotatable bonds is 4. The van der Waals surface area contributed by atoms with E-state index in [1.807, 2.05) is 19.1 Å². The molecular weight excluding hydrogens is 291 g/mol. The molecule has 0 unspecified atom stereocenters. The SMILES string of the molecule is Cc1ccc(CCNc2ccc(C#N)c(C(F)(F)F)c2)cn1. The number of alkyl halides is 3. The third kappa shape index (κ3) is 3.98. The Bertz CT molecular complexity index is 685. The van der Waals surface area contributed by atoms with Crippen LogP contribution in [0.5, 0.6) is 0 Å². The first-order chi connectivity index (χ1) is 10.4. The maximum atomic E-state index is 12.9. The maximum absolute atomic E-state index is 12.9. The summed E-state index contributed by atoms with van der Waals surface area (Å²) in [5.41, 5.74) is 0.964. The van der Waals surface area contributed by atoms with Gasteiger partial charge in [-0.05, 0) is 43.2 Å². The predicted octanol–water partition coefficient (Wildman–Crippen LogP) is 3.94. The lowest BCUT2D eigenvalue weighted by molar-refractivity contribution is -0.137. The Kier molecular flexibility index (Phi) is 4.66. The normalized spacial score (nSPS) is 11.0. The van der Waals surface area contributed by atoms with Gasteiger partial charge in [-0.2, -0.15) is 18.4 Å². The number of halogens is 3. The summed E-state index contributed by atoms with van der Waals surface area (Å²) in [5.74, 6) is 0. The van der Waals surface area contributed by atoms with Gasteiger partial charge < -0.3 is 5.32 Å². The van der Waals surface area contributed by atoms with Gasteiger partial charge in [-0.25, -0.2) is 0 Å². The van der Waals surface area contributed by atoms with Crippen LogP contribution in [0.4, 0.5) is 18.9 Å². The van der Waals surface area contributed by atoms with E-state index in [4.69, 9.17) is 5.26 Å². The van der Waals surface area contributed by atoms with Crippen molar-refractivity contribution in [1.29, 1.82) is 5.26 Å². The largest absolute Gasteiger partial charge is 0.417 e. The number of hydrogen-bond acceptors (Lipinski definition) is 3. The van der Waals surface area contributed by atoms with Gasteiger partial charge >= 0.3 is 6.18 Å². The zero-order valence-corrected chi connectivity index (χ0v) is 11.9. The van der Waals surface area contributed by atoms with Gasteiger partial charge in [0, 0.05) is 24.1 Å². The van der Waals surface area contributed by atoms with Crippen LogP contribution in [0.2, 0.25) is 0 Å². The van der Waals surface area contributed by atoms with Crippen molar-refractivity contribution >= 4 is 5.69 Å². The standard InChI is InChI=1S/C16H14F3N3/c1-11-2-3-12(10-22-11)6-7-21-14-5-4-13(9-20)15(8-14)16(17,18)19/h2-5,8,10,21H,6-7H2,1H3. The Morgan fingerprint density at radius 1 is 1.23 bits per heavy atom. The van der Waals surface area contributed by atoms with Gasteiger partial charge in [0.2, 0.25) is 0 Å². The molecular formula is C16H14F3N3. The van der Waals surface area contributed by atoms with Crippen molar-refractivity contribution in [3.05, 3.63) is 58.9 Å². The van der Waals surface area contributed by atoms with Crippen molar-refractivity contribution < 1.29 is 13.2 Å². The van der Waals surface area contributed by atoms with Crippen LogP contribution in [0, 0.1) is 18.3 Å². The second-order valence-corrected chi connectivity index (χ2v) is 4.85. The Morgan fingerprint density at radius 3 is 2.59 bits per heavy atom. The zero-order chi connectivity index (χ0) is 16.2. The predicted molar refractivity (Wildman–Crippen MR) is 77.3 cm³/mol. The highest BCUT2D eigenvalue weighted by atomic mass is 19.4. The summed E-state index contributed by atoms with van der Waals surface area (Å²) in [6, 6.07) is 9.00. The Hall–Kier alpha value is -2.55. The number of nitrogens with zero attached hydrogens (tertiary/aromatic N) is 2. The van der Waals surface area contributed by atoms with Crippen molar-refractivity contribution in [2.75, 3.05) is 11.9 Å². The van der Waals surface area contributed by atoms with Crippen molar-refractivity contribution in [2.24, 2.45) is 0 Å². The van der Waals surface area contributed by atoms with E-state index in [9.17, 15) is 13.2 Å². The van der Waals surface area contributed by atoms with Crippen LogP contribution in [0.1, 0.15) is 22.4 Å². The molecule has 0 amide bonds. The highest BCUT2D eigenvalue weighted by Gasteiger charge is 2.33. The molecule has 0 saturated heterocycles. The Balaban J connectivity index is 2.04. The number of nitrogens with one attached hydrogen (secondary N) is 1. The fourth-order valence-corrected chi connectivity index (χ4v) is 1.98. The average Bonchev–Trinajstić information content (AvgIpc) is 2.48. The molecule has 1 aromatic heterocycles. The van der Waals surface area contributed by atoms with E-state index in [0.29, 0.717) is 18.7 Å². The lowest BCUT2D eigenvalue weighted by Crippen LogP contribution is -2.10. The molecule has 0 fully saturated rings. The second kappa shape index (κ2) is 6.48. The molecule has 22 heavy (non-hydrogen) atoms. The summed E-state index contributed by atoms with van der Waals surface area (Å²) in [6.45, 7) is 2.37. The van der Waals surface area contributed by atoms with Crippen LogP contribution in [0.15, 0.2) is 36.5 Å². The molecule has 0 aliphatic rings. The third-order valence-electron chi connectivity index (χ3n) is 3.16. The molecule has 0 spiro atoms. The molecule has 2 aromatic rings. The topological polar surface area (TPSA) is 48.7 Å². The van der Waals surface area contributed by atoms with Crippen LogP contribution in [0.3, 0.4) is 0 Å². The molecule has 0 radical (unpaired) electrons. The Morgan fingerprint density at radius 2 is 2.00 bits per heavy atom. The molecule has 0 saturated carbocycles. The van der Waals surface area contributed by atoms with E-state index in [1.165, 1.54) is 12.1 Å². The average molecular weight is 305 g/mol. The Labute approximate surface area is 126 Å². The number of anilines is 1. The van der Waals surface area contributed by atoms with Gasteiger partial charge in [0.05, 0.1) is 17.2 Å². The van der Waals surface area contributed by atoms with E-state index in [2.05, 4.69) is 10.3 Å². The van der Waals surface area contributed by atoms with Crippen molar-refractivity contribution in [3.63, 3.8) is 0 Å². The fraction of sp³-hybridized carbons (Fsp3) is 0.250. The van der Waals surface area contributed by atoms with Crippen LogP contribution < -0.4 is 5.32 Å². The highest BCUT2D eigenvalue weighted by Crippen LogP contribution is 2.33. The second-order valence-electron chi connectivity index (χ2n) is 4.85. The summed E-state index contributed by atoms with van der Waals surface area (Å²) in [7, 11) is 0. The van der Waals surface area contributed by atoms with E-state index in [1.54, 1.807) is 12.3 Å². The number of aryl methyl sites for hydroxylation is 1. The molecule has 1 heterocycles. The van der Waals surface area contributed by atoms with Crippen molar-refractivity contribution in [2.45, 2.75) is 19.5 Å². The van der Waals surface area contributed by atoms with Gasteiger partial charge in [0.25, 0.3) is 0 Å². The molecule has 114 valence electrons. The van der Waals surface area contributed by atoms with Gasteiger partial charge in [-0.15, -0.1) is 0 Å². The molecule has 1 N–H and O–H groups in total. The number of pyridine rings is 1. The molecule has 3 nitrogen and oxygen atoms in total.